The molecule has 0 aromatic heterocycles. The number of hydrogen-bond acceptors (Lipinski definition) is 6. The normalized spacial score (nSPS) is 20.6. The van der Waals surface area contributed by atoms with Crippen LogP contribution in [0.2, 0.25) is 0 Å². The summed E-state index contributed by atoms with van der Waals surface area (Å²) >= 11 is 0. The summed E-state index contributed by atoms with van der Waals surface area (Å²) in [5.41, 5.74) is 9.51. The molecule has 1 aromatic carbocycles. The molecule has 1 aromatic rings. The largest absolute Gasteiger partial charge is 0.462 e. The van der Waals surface area contributed by atoms with Gasteiger partial charge in [-0.1, -0.05) is 6.07 Å². The van der Waals surface area contributed by atoms with Gasteiger partial charge in [0.15, 0.2) is 0 Å². The predicted molar refractivity (Wildman–Crippen MR) is 129 cm³/mol. The van der Waals surface area contributed by atoms with E-state index < -0.39 is 5.60 Å². The quantitative estimate of drug-likeness (QED) is 0.713. The first-order valence-corrected chi connectivity index (χ1v) is 11.6. The summed E-state index contributed by atoms with van der Waals surface area (Å²) in [6.07, 6.45) is 0.434. The molecule has 3 rings (SSSR count). The smallest absolute Gasteiger partial charge is 0.444 e. The number of ether oxygens (including phenoxy) is 1. The Labute approximate surface area is 193 Å². The third kappa shape index (κ3) is 5.41. The van der Waals surface area contributed by atoms with Crippen molar-refractivity contribution in [2.24, 2.45) is 5.73 Å². The van der Waals surface area contributed by atoms with E-state index in [1.807, 2.05) is 20.8 Å². The Kier molecular flexibility index (Phi) is 6.90. The average Bonchev–Trinajstić information content (AvgIpc) is 2.88. The topological polar surface area (TPSA) is 77.3 Å². The third-order valence-corrected chi connectivity index (χ3v) is 6.74. The van der Waals surface area contributed by atoms with E-state index in [0.717, 1.165) is 18.7 Å². The van der Waals surface area contributed by atoms with Crippen LogP contribution in [-0.4, -0.2) is 61.1 Å². The number of nitrogens with two attached hydrogens (primary N) is 1. The van der Waals surface area contributed by atoms with E-state index in [0.29, 0.717) is 26.0 Å². The minimum atomic E-state index is -0.483. The van der Waals surface area contributed by atoms with E-state index in [1.54, 1.807) is 4.90 Å². The Morgan fingerprint density at radius 1 is 1.09 bits per heavy atom. The van der Waals surface area contributed by atoms with Crippen LogP contribution < -0.4 is 10.6 Å². The SMILES string of the molecule is Cc1c(CB2OC(C)(C)C(C)(C)O2)cc(CN)cc1N1CCN(C(=O)OC(C)(C)C)CC1. The molecule has 32 heavy (non-hydrogen) atoms. The lowest BCUT2D eigenvalue weighted by molar-refractivity contribution is 0.00578. The molecule has 0 radical (unpaired) electrons. The number of anilines is 1. The van der Waals surface area contributed by atoms with Crippen molar-refractivity contribution in [1.82, 2.24) is 4.90 Å². The number of benzene rings is 1. The molecule has 8 heteroatoms. The lowest BCUT2D eigenvalue weighted by Crippen LogP contribution is -2.50. The molecule has 178 valence electrons. The van der Waals surface area contributed by atoms with Gasteiger partial charge in [-0.05, 0) is 78.1 Å². The first-order valence-electron chi connectivity index (χ1n) is 11.6. The van der Waals surface area contributed by atoms with Gasteiger partial charge < -0.3 is 29.6 Å². The van der Waals surface area contributed by atoms with Crippen molar-refractivity contribution in [3.63, 3.8) is 0 Å². The Morgan fingerprint density at radius 3 is 2.16 bits per heavy atom. The zero-order valence-corrected chi connectivity index (χ0v) is 21.1. The monoisotopic (exact) mass is 445 g/mol. The highest BCUT2D eigenvalue weighted by Gasteiger charge is 2.50. The Hall–Kier alpha value is -1.77. The molecule has 2 fully saturated rings. The van der Waals surface area contributed by atoms with E-state index in [4.69, 9.17) is 19.8 Å². The summed E-state index contributed by atoms with van der Waals surface area (Å²) in [5.74, 6) is 0. The van der Waals surface area contributed by atoms with Crippen LogP contribution in [0.3, 0.4) is 0 Å². The van der Waals surface area contributed by atoms with Crippen LogP contribution in [0.25, 0.3) is 0 Å². The van der Waals surface area contributed by atoms with Crippen molar-refractivity contribution in [3.05, 3.63) is 28.8 Å². The molecule has 0 atom stereocenters. The molecule has 2 saturated heterocycles. The van der Waals surface area contributed by atoms with Crippen molar-refractivity contribution >= 4 is 18.9 Å². The Bertz CT molecular complexity index is 826. The molecule has 0 saturated carbocycles. The molecule has 1 amide bonds. The number of carbonyl (C=O) groups excluding carboxylic acids is 1. The van der Waals surface area contributed by atoms with E-state index in [-0.39, 0.29) is 24.4 Å². The lowest BCUT2D eigenvalue weighted by Gasteiger charge is -2.38. The summed E-state index contributed by atoms with van der Waals surface area (Å²) in [5, 5.41) is 0. The van der Waals surface area contributed by atoms with Crippen LogP contribution >= 0.6 is 0 Å². The van der Waals surface area contributed by atoms with Gasteiger partial charge in [0.2, 0.25) is 0 Å². The minimum Gasteiger partial charge on any atom is -0.444 e. The van der Waals surface area contributed by atoms with Gasteiger partial charge in [-0.3, -0.25) is 0 Å². The fourth-order valence-electron chi connectivity index (χ4n) is 4.16. The van der Waals surface area contributed by atoms with Crippen LogP contribution in [0, 0.1) is 6.92 Å². The summed E-state index contributed by atoms with van der Waals surface area (Å²) < 4.78 is 18.0. The zero-order valence-electron chi connectivity index (χ0n) is 21.1. The van der Waals surface area contributed by atoms with Gasteiger partial charge in [-0.2, -0.15) is 0 Å². The van der Waals surface area contributed by atoms with E-state index >= 15 is 0 Å². The van der Waals surface area contributed by atoms with E-state index in [1.165, 1.54) is 16.8 Å². The fourth-order valence-corrected chi connectivity index (χ4v) is 4.16. The second-order valence-electron chi connectivity index (χ2n) is 10.9. The maximum absolute atomic E-state index is 12.4. The number of piperazine rings is 1. The van der Waals surface area contributed by atoms with E-state index in [9.17, 15) is 4.79 Å². The molecule has 0 aliphatic carbocycles. The molecule has 2 heterocycles. The van der Waals surface area contributed by atoms with Crippen molar-refractivity contribution in [2.75, 3.05) is 31.1 Å². The highest BCUT2D eigenvalue weighted by molar-refractivity contribution is 6.45. The van der Waals surface area contributed by atoms with Crippen molar-refractivity contribution in [3.8, 4) is 0 Å². The number of hydrogen-bond donors (Lipinski definition) is 1. The molecule has 2 aliphatic heterocycles. The number of carbonyl (C=O) groups is 1. The minimum absolute atomic E-state index is 0.244. The van der Waals surface area contributed by atoms with Crippen LogP contribution in [0.5, 0.6) is 0 Å². The first-order chi connectivity index (χ1) is 14.7. The van der Waals surface area contributed by atoms with Gasteiger partial charge >= 0.3 is 13.2 Å². The van der Waals surface area contributed by atoms with Crippen LogP contribution in [0.15, 0.2) is 12.1 Å². The van der Waals surface area contributed by atoms with Crippen molar-refractivity contribution in [2.45, 2.75) is 85.1 Å². The molecule has 2 N–H and O–H groups in total. The summed E-state index contributed by atoms with van der Waals surface area (Å²) in [7, 11) is -0.288. The molecule has 0 unspecified atom stereocenters. The lowest BCUT2D eigenvalue weighted by atomic mass is 9.78. The second-order valence-corrected chi connectivity index (χ2v) is 10.9. The number of amides is 1. The van der Waals surface area contributed by atoms with Crippen LogP contribution in [-0.2, 0) is 26.9 Å². The molecule has 0 bridgehead atoms. The molecular formula is C24H40BN3O4. The highest BCUT2D eigenvalue weighted by Crippen LogP contribution is 2.38. The van der Waals surface area contributed by atoms with Crippen molar-refractivity contribution < 1.29 is 18.8 Å². The summed E-state index contributed by atoms with van der Waals surface area (Å²) in [4.78, 5) is 16.5. The molecule has 7 nitrogen and oxygen atoms in total. The Balaban J connectivity index is 1.74. The molecular weight excluding hydrogens is 405 g/mol. The molecule has 2 aliphatic rings. The van der Waals surface area contributed by atoms with Gasteiger partial charge in [-0.25, -0.2) is 4.79 Å². The maximum atomic E-state index is 12.4. The third-order valence-electron chi connectivity index (χ3n) is 6.74. The van der Waals surface area contributed by atoms with Gasteiger partial charge in [0.1, 0.15) is 5.60 Å². The summed E-state index contributed by atoms with van der Waals surface area (Å²) in [6.45, 7) is 19.4. The Morgan fingerprint density at radius 2 is 1.66 bits per heavy atom. The van der Waals surface area contributed by atoms with Gasteiger partial charge in [0, 0.05) is 44.7 Å². The zero-order chi connectivity index (χ0) is 23.9. The standard InChI is InChI=1S/C24H40BN3O4/c1-17-19(15-25-31-23(5,6)24(7,8)32-25)13-18(16-26)14-20(17)27-9-11-28(12-10-27)21(29)30-22(2,3)4/h13-14H,9-12,15-16,26H2,1-8H3. The van der Waals surface area contributed by atoms with Gasteiger partial charge in [0.05, 0.1) is 11.2 Å². The fraction of sp³-hybridized carbons (Fsp3) is 0.708. The predicted octanol–water partition coefficient (Wildman–Crippen LogP) is 3.68. The van der Waals surface area contributed by atoms with Gasteiger partial charge in [0.25, 0.3) is 0 Å². The molecule has 0 spiro atoms. The average molecular weight is 445 g/mol. The first kappa shape index (κ1) is 24.9. The number of nitrogens with zero attached hydrogens (tertiary/aromatic N) is 2. The summed E-state index contributed by atoms with van der Waals surface area (Å²) in [6, 6.07) is 4.34. The maximum Gasteiger partial charge on any atom is 0.462 e. The highest BCUT2D eigenvalue weighted by atomic mass is 16.7. The van der Waals surface area contributed by atoms with E-state index in [2.05, 4.69) is 51.7 Å². The number of rotatable bonds is 4. The second kappa shape index (κ2) is 8.88. The van der Waals surface area contributed by atoms with Gasteiger partial charge in [-0.15, -0.1) is 0 Å². The van der Waals surface area contributed by atoms with Crippen molar-refractivity contribution in [1.29, 1.82) is 0 Å². The van der Waals surface area contributed by atoms with Crippen LogP contribution in [0.4, 0.5) is 10.5 Å². The van der Waals surface area contributed by atoms with Crippen LogP contribution in [0.1, 0.15) is 65.2 Å².